The van der Waals surface area contributed by atoms with Crippen molar-refractivity contribution in [2.24, 2.45) is 29.6 Å². The number of allylic oxidation sites excluding steroid dienone is 1. The average molecular weight is 306 g/mol. The van der Waals surface area contributed by atoms with Crippen molar-refractivity contribution >= 4 is 0 Å². The van der Waals surface area contributed by atoms with E-state index in [9.17, 15) is 5.11 Å². The van der Waals surface area contributed by atoms with Crippen LogP contribution in [0.4, 0.5) is 0 Å². The van der Waals surface area contributed by atoms with Gasteiger partial charge < -0.3 is 5.11 Å². The van der Waals surface area contributed by atoms with E-state index in [0.29, 0.717) is 11.8 Å². The molecule has 0 spiro atoms. The zero-order chi connectivity index (χ0) is 15.9. The number of rotatable bonds is 3. The van der Waals surface area contributed by atoms with Crippen LogP contribution in [-0.4, -0.2) is 34.7 Å². The lowest BCUT2D eigenvalue weighted by Crippen LogP contribution is -2.53. The quantitative estimate of drug-likeness (QED) is 0.794. The van der Waals surface area contributed by atoms with Crippen LogP contribution < -0.4 is 0 Å². The highest BCUT2D eigenvalue weighted by atomic mass is 16.3. The van der Waals surface area contributed by atoms with Crippen LogP contribution >= 0.6 is 0 Å². The molecule has 2 fully saturated rings. The summed E-state index contributed by atoms with van der Waals surface area (Å²) in [6.45, 7) is 11.8. The van der Waals surface area contributed by atoms with E-state index in [1.807, 2.05) is 0 Å². The monoisotopic (exact) mass is 305 g/mol. The van der Waals surface area contributed by atoms with Gasteiger partial charge in [0.25, 0.3) is 0 Å². The first-order valence-electron chi connectivity index (χ1n) is 9.53. The molecule has 2 nitrogen and oxygen atoms in total. The largest absolute Gasteiger partial charge is 0.393 e. The van der Waals surface area contributed by atoms with E-state index in [1.54, 1.807) is 0 Å². The van der Waals surface area contributed by atoms with Crippen molar-refractivity contribution < 1.29 is 5.11 Å². The highest BCUT2D eigenvalue weighted by Gasteiger charge is 2.46. The first kappa shape index (κ1) is 16.5. The van der Waals surface area contributed by atoms with Crippen molar-refractivity contribution in [3.63, 3.8) is 0 Å². The molecule has 0 unspecified atom stereocenters. The lowest BCUT2D eigenvalue weighted by Gasteiger charge is -2.47. The Morgan fingerprint density at radius 1 is 1.14 bits per heavy atom. The summed E-state index contributed by atoms with van der Waals surface area (Å²) in [5, 5.41) is 10.6. The Hall–Kier alpha value is -0.340. The molecule has 6 atom stereocenters. The Kier molecular flexibility index (Phi) is 4.71. The van der Waals surface area contributed by atoms with Crippen LogP contribution in [0.1, 0.15) is 59.8 Å². The van der Waals surface area contributed by atoms with Gasteiger partial charge in [0.2, 0.25) is 0 Å². The summed E-state index contributed by atoms with van der Waals surface area (Å²) in [5.74, 6) is 3.52. The molecule has 2 aliphatic carbocycles. The first-order valence-corrected chi connectivity index (χ1v) is 9.53. The highest BCUT2D eigenvalue weighted by Crippen LogP contribution is 2.44. The van der Waals surface area contributed by atoms with Crippen molar-refractivity contribution in [2.45, 2.75) is 71.4 Å². The number of hydrogen-bond acceptors (Lipinski definition) is 2. The Balaban J connectivity index is 1.68. The lowest BCUT2D eigenvalue weighted by atomic mass is 9.71. The summed E-state index contributed by atoms with van der Waals surface area (Å²) < 4.78 is 0. The second kappa shape index (κ2) is 6.28. The molecule has 1 saturated carbocycles. The van der Waals surface area contributed by atoms with Crippen molar-refractivity contribution in [3.05, 3.63) is 12.2 Å². The average Bonchev–Trinajstić information content (AvgIpc) is 2.90. The fraction of sp³-hybridized carbons (Fsp3) is 0.900. The minimum absolute atomic E-state index is 0.111. The fourth-order valence-corrected chi connectivity index (χ4v) is 5.31. The van der Waals surface area contributed by atoms with Crippen molar-refractivity contribution in [3.8, 4) is 0 Å². The Morgan fingerprint density at radius 3 is 2.59 bits per heavy atom. The maximum atomic E-state index is 10.6. The van der Waals surface area contributed by atoms with Crippen LogP contribution in [0, 0.1) is 29.6 Å². The Bertz CT molecular complexity index is 416. The number of likely N-dealkylation sites (tertiary alicyclic amines) is 1. The highest BCUT2D eigenvalue weighted by molar-refractivity contribution is 5.08. The second-order valence-corrected chi connectivity index (χ2v) is 8.86. The molecule has 0 aromatic carbocycles. The minimum atomic E-state index is -0.111. The summed E-state index contributed by atoms with van der Waals surface area (Å²) in [6, 6.07) is 0. The maximum Gasteiger partial charge on any atom is 0.0588 e. The van der Waals surface area contributed by atoms with Gasteiger partial charge in [0.1, 0.15) is 0 Å². The van der Waals surface area contributed by atoms with Gasteiger partial charge in [0, 0.05) is 24.5 Å². The molecule has 0 radical (unpaired) electrons. The number of fused-ring (bicyclic) bond motifs is 1. The van der Waals surface area contributed by atoms with Crippen molar-refractivity contribution in [1.82, 2.24) is 4.90 Å². The Labute approximate surface area is 137 Å². The number of aliphatic hydroxyl groups excluding tert-OH is 1. The van der Waals surface area contributed by atoms with Crippen LogP contribution in [0.2, 0.25) is 0 Å². The van der Waals surface area contributed by atoms with Crippen molar-refractivity contribution in [1.29, 1.82) is 0 Å². The van der Waals surface area contributed by atoms with Crippen LogP contribution in [0.15, 0.2) is 12.2 Å². The zero-order valence-electron chi connectivity index (χ0n) is 15.0. The predicted octanol–water partition coefficient (Wildman–Crippen LogP) is 4.10. The molecule has 1 heterocycles. The normalized spacial score (nSPS) is 43.3. The predicted molar refractivity (Wildman–Crippen MR) is 92.7 cm³/mol. The van der Waals surface area contributed by atoms with E-state index in [1.165, 1.54) is 38.8 Å². The Morgan fingerprint density at radius 2 is 1.91 bits per heavy atom. The molecule has 126 valence electrons. The van der Waals surface area contributed by atoms with E-state index in [4.69, 9.17) is 0 Å². The van der Waals surface area contributed by atoms with Gasteiger partial charge in [-0.15, -0.1) is 0 Å². The van der Waals surface area contributed by atoms with Gasteiger partial charge in [-0.2, -0.15) is 0 Å². The lowest BCUT2D eigenvalue weighted by molar-refractivity contribution is -0.0383. The van der Waals surface area contributed by atoms with Crippen LogP contribution in [0.25, 0.3) is 0 Å². The second-order valence-electron chi connectivity index (χ2n) is 8.86. The number of hydrogen-bond donors (Lipinski definition) is 1. The summed E-state index contributed by atoms with van der Waals surface area (Å²) in [5.41, 5.74) is 0.131. The summed E-state index contributed by atoms with van der Waals surface area (Å²) in [7, 11) is 0. The molecule has 3 rings (SSSR count). The van der Waals surface area contributed by atoms with Crippen LogP contribution in [0.5, 0.6) is 0 Å². The number of aliphatic hydroxyl groups is 1. The van der Waals surface area contributed by atoms with E-state index in [0.717, 1.165) is 24.2 Å². The van der Waals surface area contributed by atoms with Crippen molar-refractivity contribution in [2.75, 3.05) is 13.1 Å². The molecule has 0 aromatic rings. The standard InChI is InChI=1S/C20H35NO/c1-5-15-7-8-16-12-21(13-17(16)11-15)20(3,4)18-9-6-14(2)10-19(18)22/h7-8,14-19,22H,5-6,9-13H2,1-4H3/t14-,15-,16-,17-,18-,19-/m1/s1. The van der Waals surface area contributed by atoms with Gasteiger partial charge in [-0.1, -0.05) is 32.4 Å². The fourth-order valence-electron chi connectivity index (χ4n) is 5.31. The van der Waals surface area contributed by atoms with Gasteiger partial charge in [-0.3, -0.25) is 4.90 Å². The zero-order valence-corrected chi connectivity index (χ0v) is 15.0. The third kappa shape index (κ3) is 3.01. The van der Waals surface area contributed by atoms with E-state index in [2.05, 4.69) is 44.7 Å². The first-order chi connectivity index (χ1) is 10.4. The van der Waals surface area contributed by atoms with Gasteiger partial charge in [0.15, 0.2) is 0 Å². The molecule has 1 saturated heterocycles. The SMILES string of the molecule is CC[C@@H]1C=C[C@@H]2CN(C(C)(C)[C@@H]3CC[C@@H](C)C[C@H]3O)C[C@H]2C1. The van der Waals surface area contributed by atoms with Gasteiger partial charge in [-0.05, 0) is 63.2 Å². The molecule has 1 N–H and O–H groups in total. The smallest absolute Gasteiger partial charge is 0.0588 e. The molecule has 0 bridgehead atoms. The third-order valence-electron chi connectivity index (χ3n) is 7.05. The summed E-state index contributed by atoms with van der Waals surface area (Å²) in [4.78, 5) is 2.70. The third-order valence-corrected chi connectivity index (χ3v) is 7.05. The molecular formula is C20H35NO. The summed E-state index contributed by atoms with van der Waals surface area (Å²) in [6.07, 6.45) is 11.0. The minimum Gasteiger partial charge on any atom is -0.393 e. The molecule has 2 heteroatoms. The van der Waals surface area contributed by atoms with Gasteiger partial charge in [-0.25, -0.2) is 0 Å². The van der Waals surface area contributed by atoms with E-state index in [-0.39, 0.29) is 11.6 Å². The molecule has 0 amide bonds. The van der Waals surface area contributed by atoms with Crippen LogP contribution in [-0.2, 0) is 0 Å². The molecule has 0 aromatic heterocycles. The molecule has 1 aliphatic heterocycles. The van der Waals surface area contributed by atoms with E-state index >= 15 is 0 Å². The number of nitrogens with zero attached hydrogens (tertiary/aromatic N) is 1. The molecule has 22 heavy (non-hydrogen) atoms. The van der Waals surface area contributed by atoms with E-state index < -0.39 is 0 Å². The topological polar surface area (TPSA) is 23.5 Å². The van der Waals surface area contributed by atoms with Crippen LogP contribution in [0.3, 0.4) is 0 Å². The molecular weight excluding hydrogens is 270 g/mol. The van der Waals surface area contributed by atoms with Gasteiger partial charge >= 0.3 is 0 Å². The molecule has 3 aliphatic rings. The maximum absolute atomic E-state index is 10.6. The summed E-state index contributed by atoms with van der Waals surface area (Å²) >= 11 is 0. The van der Waals surface area contributed by atoms with Gasteiger partial charge in [0.05, 0.1) is 6.10 Å².